The number of aryl methyl sites for hydroxylation is 2. The molecule has 5 rings (SSSR count). The van der Waals surface area contributed by atoms with Crippen LogP contribution in [-0.2, 0) is 12.8 Å². The maximum Gasteiger partial charge on any atom is 0.231 e. The molecule has 2 aromatic heterocycles. The van der Waals surface area contributed by atoms with E-state index in [1.54, 1.807) is 17.7 Å². The van der Waals surface area contributed by atoms with E-state index < -0.39 is 0 Å². The summed E-state index contributed by atoms with van der Waals surface area (Å²) in [4.78, 5) is 28.7. The summed E-state index contributed by atoms with van der Waals surface area (Å²) in [6.45, 7) is 4.32. The van der Waals surface area contributed by atoms with Gasteiger partial charge < -0.3 is 9.64 Å². The number of thiophene rings is 1. The van der Waals surface area contributed by atoms with Gasteiger partial charge in [0.2, 0.25) is 5.88 Å². The number of piperazine rings is 1. The highest BCUT2D eigenvalue weighted by molar-refractivity contribution is 7.18. The number of nitrogens with zero attached hydrogens (tertiary/aromatic N) is 4. The van der Waals surface area contributed by atoms with E-state index in [0.717, 1.165) is 49.2 Å². The zero-order chi connectivity index (χ0) is 20.5. The molecule has 0 N–H and O–H groups in total. The lowest BCUT2D eigenvalue weighted by molar-refractivity contribution is 0.0876. The van der Waals surface area contributed by atoms with Crippen LogP contribution in [0.25, 0.3) is 10.2 Å². The van der Waals surface area contributed by atoms with Crippen molar-refractivity contribution in [3.05, 3.63) is 46.6 Å². The van der Waals surface area contributed by atoms with Crippen LogP contribution in [0, 0.1) is 0 Å². The summed E-state index contributed by atoms with van der Waals surface area (Å²) in [7, 11) is 2.12. The Labute approximate surface area is 180 Å². The molecule has 2 aliphatic rings. The quantitative estimate of drug-likeness (QED) is 0.583. The third-order valence-electron chi connectivity index (χ3n) is 6.05. The van der Waals surface area contributed by atoms with Gasteiger partial charge in [-0.05, 0) is 50.4 Å². The molecule has 1 aromatic carbocycles. The monoisotopic (exact) mass is 422 g/mol. The predicted molar refractivity (Wildman–Crippen MR) is 119 cm³/mol. The van der Waals surface area contributed by atoms with Crippen molar-refractivity contribution in [2.75, 3.05) is 39.8 Å². The second kappa shape index (κ2) is 8.41. The molecule has 0 bridgehead atoms. The molecule has 0 spiro atoms. The molecule has 1 saturated heterocycles. The molecule has 1 fully saturated rings. The molecule has 156 valence electrons. The van der Waals surface area contributed by atoms with E-state index in [4.69, 9.17) is 4.74 Å². The van der Waals surface area contributed by atoms with Crippen molar-refractivity contribution in [1.29, 1.82) is 0 Å². The Morgan fingerprint density at radius 3 is 2.83 bits per heavy atom. The van der Waals surface area contributed by atoms with Crippen LogP contribution in [0.3, 0.4) is 0 Å². The number of rotatable bonds is 5. The number of hydrogen-bond donors (Lipinski definition) is 0. The maximum atomic E-state index is 12.8. The lowest BCUT2D eigenvalue weighted by Crippen LogP contribution is -2.46. The molecule has 0 radical (unpaired) electrons. The van der Waals surface area contributed by atoms with Crippen molar-refractivity contribution >= 4 is 27.3 Å². The minimum atomic E-state index is 0.130. The van der Waals surface area contributed by atoms with Gasteiger partial charge in [-0.3, -0.25) is 9.69 Å². The van der Waals surface area contributed by atoms with Crippen LogP contribution < -0.4 is 4.74 Å². The molecule has 1 aliphatic carbocycles. The van der Waals surface area contributed by atoms with Crippen molar-refractivity contribution in [2.45, 2.75) is 25.7 Å². The Kier molecular flexibility index (Phi) is 5.50. The predicted octanol–water partition coefficient (Wildman–Crippen LogP) is 3.79. The summed E-state index contributed by atoms with van der Waals surface area (Å²) in [5.41, 5.74) is 2.03. The number of ketones is 1. The Balaban J connectivity index is 1.36. The number of likely N-dealkylation sites (N-methyl/N-ethyl adjacent to an activating group) is 1. The van der Waals surface area contributed by atoms with Gasteiger partial charge in [0.15, 0.2) is 5.78 Å². The van der Waals surface area contributed by atoms with Gasteiger partial charge in [-0.15, -0.1) is 11.3 Å². The first kappa shape index (κ1) is 19.6. The van der Waals surface area contributed by atoms with Crippen molar-refractivity contribution in [2.24, 2.45) is 0 Å². The van der Waals surface area contributed by atoms with Gasteiger partial charge in [0.25, 0.3) is 0 Å². The number of fused-ring (bicyclic) bond motifs is 3. The van der Waals surface area contributed by atoms with Gasteiger partial charge in [0, 0.05) is 36.6 Å². The third kappa shape index (κ3) is 3.97. The van der Waals surface area contributed by atoms with E-state index in [0.29, 0.717) is 23.7 Å². The van der Waals surface area contributed by atoms with E-state index in [2.05, 4.69) is 26.8 Å². The van der Waals surface area contributed by atoms with Crippen LogP contribution in [0.5, 0.6) is 11.6 Å². The Bertz CT molecular complexity index is 1070. The molecule has 0 saturated carbocycles. The number of aromatic nitrogens is 2. The fourth-order valence-electron chi connectivity index (χ4n) is 4.28. The fourth-order valence-corrected chi connectivity index (χ4v) is 5.50. The van der Waals surface area contributed by atoms with E-state index in [1.807, 2.05) is 24.3 Å². The average Bonchev–Trinajstić information content (AvgIpc) is 3.15. The molecule has 0 unspecified atom stereocenters. The summed E-state index contributed by atoms with van der Waals surface area (Å²) < 4.78 is 6.19. The summed E-state index contributed by atoms with van der Waals surface area (Å²) in [6, 6.07) is 7.48. The zero-order valence-electron chi connectivity index (χ0n) is 17.3. The van der Waals surface area contributed by atoms with Gasteiger partial charge in [-0.2, -0.15) is 0 Å². The van der Waals surface area contributed by atoms with Crippen LogP contribution in [0.15, 0.2) is 30.6 Å². The number of Topliss-reactive ketones (excluding diaryl/α,β-unsaturated/α-hetero) is 1. The first-order valence-electron chi connectivity index (χ1n) is 10.6. The topological polar surface area (TPSA) is 58.6 Å². The molecule has 7 heteroatoms. The Hall–Kier alpha value is -2.35. The van der Waals surface area contributed by atoms with Crippen molar-refractivity contribution in [3.8, 4) is 11.6 Å². The minimum absolute atomic E-state index is 0.130. The Morgan fingerprint density at radius 1 is 1.13 bits per heavy atom. The average molecular weight is 423 g/mol. The van der Waals surface area contributed by atoms with Crippen molar-refractivity contribution < 1.29 is 9.53 Å². The van der Waals surface area contributed by atoms with Gasteiger partial charge in [0.05, 0.1) is 11.9 Å². The first-order chi connectivity index (χ1) is 14.7. The second-order valence-electron chi connectivity index (χ2n) is 8.20. The molecule has 6 nitrogen and oxygen atoms in total. The molecule has 0 amide bonds. The lowest BCUT2D eigenvalue weighted by atomic mass is 9.97. The van der Waals surface area contributed by atoms with Crippen LogP contribution >= 0.6 is 11.3 Å². The Morgan fingerprint density at radius 2 is 1.97 bits per heavy atom. The molecule has 0 atom stereocenters. The van der Waals surface area contributed by atoms with E-state index in [1.165, 1.54) is 23.3 Å². The standard InChI is InChI=1S/C23H26N4O2S/c1-26-9-11-27(12-10-26)14-19(28)16-5-4-6-17(13-16)29-22-21-18-7-2-3-8-20(18)30-23(21)25-15-24-22/h4-6,13,15H,2-3,7-12,14H2,1H3. The summed E-state index contributed by atoms with van der Waals surface area (Å²) in [5.74, 6) is 1.38. The van der Waals surface area contributed by atoms with Crippen LogP contribution in [0.4, 0.5) is 0 Å². The number of hydrogen-bond acceptors (Lipinski definition) is 7. The van der Waals surface area contributed by atoms with Crippen LogP contribution in [0.2, 0.25) is 0 Å². The summed E-state index contributed by atoms with van der Waals surface area (Å²) in [6.07, 6.45) is 6.18. The number of ether oxygens (including phenoxy) is 1. The first-order valence-corrected chi connectivity index (χ1v) is 11.5. The van der Waals surface area contributed by atoms with Gasteiger partial charge in [-0.25, -0.2) is 9.97 Å². The number of carbonyl (C=O) groups is 1. The second-order valence-corrected chi connectivity index (χ2v) is 9.29. The van der Waals surface area contributed by atoms with E-state index in [9.17, 15) is 4.79 Å². The highest BCUT2D eigenvalue weighted by Crippen LogP contribution is 2.40. The largest absolute Gasteiger partial charge is 0.438 e. The van der Waals surface area contributed by atoms with Crippen molar-refractivity contribution in [1.82, 2.24) is 19.8 Å². The van der Waals surface area contributed by atoms with Gasteiger partial charge in [-0.1, -0.05) is 12.1 Å². The van der Waals surface area contributed by atoms with E-state index >= 15 is 0 Å². The fraction of sp³-hybridized carbons (Fsp3) is 0.435. The minimum Gasteiger partial charge on any atom is -0.438 e. The zero-order valence-corrected chi connectivity index (χ0v) is 18.1. The molecule has 3 heterocycles. The maximum absolute atomic E-state index is 12.8. The molecular formula is C23H26N4O2S. The van der Waals surface area contributed by atoms with Gasteiger partial charge in [0.1, 0.15) is 16.9 Å². The number of carbonyl (C=O) groups excluding carboxylic acids is 1. The molecule has 30 heavy (non-hydrogen) atoms. The molecule has 1 aliphatic heterocycles. The summed E-state index contributed by atoms with van der Waals surface area (Å²) >= 11 is 1.76. The smallest absolute Gasteiger partial charge is 0.231 e. The summed E-state index contributed by atoms with van der Waals surface area (Å²) in [5, 5.41) is 1.05. The lowest BCUT2D eigenvalue weighted by Gasteiger charge is -2.31. The van der Waals surface area contributed by atoms with Gasteiger partial charge >= 0.3 is 0 Å². The van der Waals surface area contributed by atoms with Crippen molar-refractivity contribution in [3.63, 3.8) is 0 Å². The highest BCUT2D eigenvalue weighted by atomic mass is 32.1. The highest BCUT2D eigenvalue weighted by Gasteiger charge is 2.21. The van der Waals surface area contributed by atoms with Crippen LogP contribution in [-0.4, -0.2) is 65.3 Å². The molecule has 3 aromatic rings. The third-order valence-corrected chi connectivity index (χ3v) is 7.25. The number of benzene rings is 1. The molecular weight excluding hydrogens is 396 g/mol. The normalized spacial score (nSPS) is 17.8. The van der Waals surface area contributed by atoms with Crippen LogP contribution in [0.1, 0.15) is 33.6 Å². The SMILES string of the molecule is CN1CCN(CC(=O)c2cccc(Oc3ncnc4sc5c(c34)CCCC5)c2)CC1. The van der Waals surface area contributed by atoms with E-state index in [-0.39, 0.29) is 5.78 Å².